The highest BCUT2D eigenvalue weighted by atomic mass is 35.5. The Morgan fingerprint density at radius 3 is 2.50 bits per heavy atom. The molecule has 0 aromatic heterocycles. The lowest BCUT2D eigenvalue weighted by molar-refractivity contribution is -0.129. The molecule has 4 N–H and O–H groups in total. The summed E-state index contributed by atoms with van der Waals surface area (Å²) in [7, 11) is 0. The van der Waals surface area contributed by atoms with Crippen molar-refractivity contribution in [3.05, 3.63) is 0 Å². The Labute approximate surface area is 141 Å². The maximum absolute atomic E-state index is 12.1. The number of nitrogens with two attached hydrogens (primary N) is 1. The Kier molecular flexibility index (Phi) is 7.59. The molecular weight excluding hydrogens is 329 g/mol. The van der Waals surface area contributed by atoms with Crippen molar-refractivity contribution in [2.45, 2.75) is 44.2 Å². The van der Waals surface area contributed by atoms with E-state index in [1.807, 2.05) is 0 Å². The van der Waals surface area contributed by atoms with Gasteiger partial charge in [-0.3, -0.25) is 14.4 Å². The van der Waals surface area contributed by atoms with Crippen LogP contribution in [0.4, 0.5) is 0 Å². The fraction of sp³-hybridized carbons (Fsp3) is 0.786. The minimum absolute atomic E-state index is 0. The molecule has 22 heavy (non-hydrogen) atoms. The van der Waals surface area contributed by atoms with E-state index in [1.54, 1.807) is 0 Å². The molecule has 2 rings (SSSR count). The van der Waals surface area contributed by atoms with E-state index in [0.717, 1.165) is 12.8 Å². The van der Waals surface area contributed by atoms with Crippen LogP contribution in [-0.4, -0.2) is 42.1 Å². The molecule has 6 nitrogen and oxygen atoms in total. The van der Waals surface area contributed by atoms with Gasteiger partial charge in [0.2, 0.25) is 11.8 Å². The lowest BCUT2D eigenvalue weighted by Crippen LogP contribution is -2.50. The smallest absolute Gasteiger partial charge is 0.237 e. The fourth-order valence-electron chi connectivity index (χ4n) is 2.62. The number of Topliss-reactive ketones (excluding diaryl/α,β-unsaturated/α-hetero) is 1. The maximum atomic E-state index is 12.1. The molecule has 0 radical (unpaired) electrons. The van der Waals surface area contributed by atoms with Crippen molar-refractivity contribution in [1.29, 1.82) is 0 Å². The average molecular weight is 352 g/mol. The lowest BCUT2D eigenvalue weighted by atomic mass is 9.96. The minimum Gasteiger partial charge on any atom is -0.356 e. The molecule has 2 fully saturated rings. The van der Waals surface area contributed by atoms with E-state index >= 15 is 0 Å². The Bertz CT molecular complexity index is 430. The topological polar surface area (TPSA) is 101 Å². The summed E-state index contributed by atoms with van der Waals surface area (Å²) in [5, 5.41) is 5.39. The van der Waals surface area contributed by atoms with Crippen LogP contribution in [0, 0.1) is 11.8 Å². The second-order valence-electron chi connectivity index (χ2n) is 5.96. The molecule has 2 unspecified atom stereocenters. The van der Waals surface area contributed by atoms with Crippen LogP contribution >= 0.6 is 24.0 Å². The van der Waals surface area contributed by atoms with E-state index in [4.69, 9.17) is 17.3 Å². The van der Waals surface area contributed by atoms with E-state index in [1.165, 1.54) is 0 Å². The number of alkyl halides is 1. The van der Waals surface area contributed by atoms with Gasteiger partial charge >= 0.3 is 0 Å². The molecule has 3 atom stereocenters. The van der Waals surface area contributed by atoms with Gasteiger partial charge in [-0.25, -0.2) is 0 Å². The number of amides is 2. The predicted molar refractivity (Wildman–Crippen MR) is 86.0 cm³/mol. The van der Waals surface area contributed by atoms with Crippen molar-refractivity contribution in [2.24, 2.45) is 17.6 Å². The van der Waals surface area contributed by atoms with Gasteiger partial charge in [0, 0.05) is 12.5 Å². The van der Waals surface area contributed by atoms with Gasteiger partial charge in [-0.05, 0) is 25.2 Å². The maximum Gasteiger partial charge on any atom is 0.237 e. The zero-order valence-electron chi connectivity index (χ0n) is 12.3. The molecule has 8 heteroatoms. The molecule has 1 saturated heterocycles. The van der Waals surface area contributed by atoms with Crippen LogP contribution in [0.5, 0.6) is 0 Å². The Morgan fingerprint density at radius 1 is 1.32 bits per heavy atom. The van der Waals surface area contributed by atoms with E-state index < -0.39 is 12.1 Å². The van der Waals surface area contributed by atoms with E-state index in [9.17, 15) is 14.4 Å². The molecular formula is C14H23Cl2N3O3. The second kappa shape index (κ2) is 8.70. The van der Waals surface area contributed by atoms with Gasteiger partial charge < -0.3 is 16.4 Å². The largest absolute Gasteiger partial charge is 0.356 e. The summed E-state index contributed by atoms with van der Waals surface area (Å²) in [4.78, 5) is 35.5. The summed E-state index contributed by atoms with van der Waals surface area (Å²) in [6.45, 7) is 0.612. The summed E-state index contributed by atoms with van der Waals surface area (Å²) in [6, 6.07) is -1.32. The minimum atomic E-state index is -0.728. The normalized spacial score (nSPS) is 23.2. The first-order chi connectivity index (χ1) is 10.0. The molecule has 0 bridgehead atoms. The third-order valence-electron chi connectivity index (χ3n) is 4.14. The SMILES string of the molecule is Cl.NC(CC1CC1)C(=O)NC(C[C@@H]1CCNC1=O)C(=O)CCl. The van der Waals surface area contributed by atoms with Crippen LogP contribution in [-0.2, 0) is 14.4 Å². The van der Waals surface area contributed by atoms with Gasteiger partial charge in [-0.15, -0.1) is 24.0 Å². The lowest BCUT2D eigenvalue weighted by Gasteiger charge is -2.21. The summed E-state index contributed by atoms with van der Waals surface area (Å²) < 4.78 is 0. The fourth-order valence-corrected chi connectivity index (χ4v) is 2.80. The average Bonchev–Trinajstić information content (AvgIpc) is 3.19. The highest BCUT2D eigenvalue weighted by Crippen LogP contribution is 2.33. The van der Waals surface area contributed by atoms with Crippen LogP contribution in [0.1, 0.15) is 32.1 Å². The number of rotatable bonds is 8. The van der Waals surface area contributed by atoms with Gasteiger partial charge in [0.1, 0.15) is 0 Å². The van der Waals surface area contributed by atoms with E-state index in [0.29, 0.717) is 31.7 Å². The summed E-state index contributed by atoms with van der Waals surface area (Å²) in [5.74, 6) is -0.571. The zero-order valence-corrected chi connectivity index (χ0v) is 13.9. The summed E-state index contributed by atoms with van der Waals surface area (Å²) in [5.41, 5.74) is 5.85. The highest BCUT2D eigenvalue weighted by Gasteiger charge is 2.33. The molecule has 1 saturated carbocycles. The summed E-state index contributed by atoms with van der Waals surface area (Å²) in [6.07, 6.45) is 3.85. The van der Waals surface area contributed by atoms with Gasteiger partial charge in [0.15, 0.2) is 5.78 Å². The van der Waals surface area contributed by atoms with Crippen molar-refractivity contribution in [3.8, 4) is 0 Å². The highest BCUT2D eigenvalue weighted by molar-refractivity contribution is 6.28. The predicted octanol–water partition coefficient (Wildman–Crippen LogP) is 0.354. The molecule has 1 aliphatic heterocycles. The molecule has 0 aromatic carbocycles. The quantitative estimate of drug-likeness (QED) is 0.549. The first-order valence-electron chi connectivity index (χ1n) is 7.43. The molecule has 0 aromatic rings. The van der Waals surface area contributed by atoms with Crippen molar-refractivity contribution in [1.82, 2.24) is 10.6 Å². The first kappa shape index (κ1) is 19.2. The van der Waals surface area contributed by atoms with Crippen LogP contribution in [0.2, 0.25) is 0 Å². The number of nitrogens with one attached hydrogen (secondary N) is 2. The molecule has 2 amide bonds. The van der Waals surface area contributed by atoms with Gasteiger partial charge in [0.05, 0.1) is 18.0 Å². The number of hydrogen-bond donors (Lipinski definition) is 3. The zero-order chi connectivity index (χ0) is 15.4. The van der Waals surface area contributed by atoms with Crippen LogP contribution in [0.25, 0.3) is 0 Å². The van der Waals surface area contributed by atoms with Crippen LogP contribution in [0.15, 0.2) is 0 Å². The Morgan fingerprint density at radius 2 is 2.00 bits per heavy atom. The van der Waals surface area contributed by atoms with E-state index in [-0.39, 0.29) is 41.8 Å². The van der Waals surface area contributed by atoms with Crippen molar-refractivity contribution < 1.29 is 14.4 Å². The molecule has 0 spiro atoms. The third kappa shape index (κ3) is 5.41. The molecule has 1 heterocycles. The van der Waals surface area contributed by atoms with Gasteiger partial charge in [-0.1, -0.05) is 12.8 Å². The second-order valence-corrected chi connectivity index (χ2v) is 6.23. The van der Waals surface area contributed by atoms with Crippen LogP contribution < -0.4 is 16.4 Å². The number of halogens is 2. The molecule has 1 aliphatic carbocycles. The first-order valence-corrected chi connectivity index (χ1v) is 7.97. The van der Waals surface area contributed by atoms with Crippen molar-refractivity contribution in [2.75, 3.05) is 12.4 Å². The standard InChI is InChI=1S/C14H22ClN3O3.ClH/c15-7-12(19)11(6-9-3-4-17-13(9)20)18-14(21)10(16)5-8-1-2-8;/h8-11H,1-7,16H2,(H,17,20)(H,18,21);1H/t9-,10?,11?;/m0./s1. The number of carbonyl (C=O) groups excluding carboxylic acids is 3. The van der Waals surface area contributed by atoms with Crippen molar-refractivity contribution in [3.63, 3.8) is 0 Å². The van der Waals surface area contributed by atoms with Gasteiger partial charge in [0.25, 0.3) is 0 Å². The monoisotopic (exact) mass is 351 g/mol. The molecule has 126 valence electrons. The Balaban J connectivity index is 0.00000242. The van der Waals surface area contributed by atoms with Gasteiger partial charge in [-0.2, -0.15) is 0 Å². The van der Waals surface area contributed by atoms with E-state index in [2.05, 4.69) is 10.6 Å². The third-order valence-corrected chi connectivity index (χ3v) is 4.40. The molecule has 2 aliphatic rings. The van der Waals surface area contributed by atoms with Crippen molar-refractivity contribution >= 4 is 41.6 Å². The summed E-state index contributed by atoms with van der Waals surface area (Å²) >= 11 is 5.59. The van der Waals surface area contributed by atoms with Crippen LogP contribution in [0.3, 0.4) is 0 Å². The Hall–Kier alpha value is -0.850. The number of ketones is 1. The number of hydrogen-bond acceptors (Lipinski definition) is 4. The number of carbonyl (C=O) groups is 3.